The number of carbonyl (C=O) groups is 1. The first-order valence-electron chi connectivity index (χ1n) is 5.17. The van der Waals surface area contributed by atoms with Gasteiger partial charge >= 0.3 is 6.18 Å². The van der Waals surface area contributed by atoms with Gasteiger partial charge in [-0.15, -0.1) is 12.4 Å². The molecule has 0 saturated carbocycles. The van der Waals surface area contributed by atoms with Gasteiger partial charge in [0.15, 0.2) is 0 Å². The molecule has 4 nitrogen and oxygen atoms in total. The number of alkyl halides is 3. The molecular formula is C11H13BrClF3N2O2. The van der Waals surface area contributed by atoms with Crippen molar-refractivity contribution in [3.63, 3.8) is 0 Å². The van der Waals surface area contributed by atoms with Crippen LogP contribution in [0.3, 0.4) is 0 Å². The molecule has 1 atom stereocenters. The van der Waals surface area contributed by atoms with Crippen LogP contribution in [0.1, 0.15) is 5.56 Å². The molecule has 0 spiro atoms. The van der Waals surface area contributed by atoms with Crippen LogP contribution in [0.15, 0.2) is 22.7 Å². The van der Waals surface area contributed by atoms with Crippen molar-refractivity contribution in [2.24, 2.45) is 5.73 Å². The van der Waals surface area contributed by atoms with Crippen LogP contribution < -0.4 is 11.1 Å². The minimum atomic E-state index is -4.49. The molecule has 1 rings (SSSR count). The first kappa shape index (κ1) is 19.2. The lowest BCUT2D eigenvalue weighted by Crippen LogP contribution is -2.39. The molecule has 9 heteroatoms. The highest BCUT2D eigenvalue weighted by Gasteiger charge is 2.31. The molecule has 0 radical (unpaired) electrons. The van der Waals surface area contributed by atoms with E-state index in [0.717, 1.165) is 12.1 Å². The van der Waals surface area contributed by atoms with E-state index in [4.69, 9.17) is 5.73 Å². The molecule has 3 N–H and O–H groups in total. The van der Waals surface area contributed by atoms with E-state index in [0.29, 0.717) is 0 Å². The summed E-state index contributed by atoms with van der Waals surface area (Å²) in [4.78, 5) is 11.6. The van der Waals surface area contributed by atoms with E-state index in [1.807, 2.05) is 0 Å². The SMILES string of the molecule is COCC(N)C(=O)Nc1cc(Br)cc(C(F)(F)F)c1.Cl. The van der Waals surface area contributed by atoms with Crippen molar-refractivity contribution in [3.8, 4) is 0 Å². The maximum absolute atomic E-state index is 12.6. The number of hydrogen-bond acceptors (Lipinski definition) is 3. The van der Waals surface area contributed by atoms with Gasteiger partial charge in [0, 0.05) is 17.3 Å². The van der Waals surface area contributed by atoms with E-state index in [1.165, 1.54) is 13.2 Å². The second-order valence-corrected chi connectivity index (χ2v) is 4.69. The Labute approximate surface area is 128 Å². The number of rotatable bonds is 4. The number of hydrogen-bond donors (Lipinski definition) is 2. The average Bonchev–Trinajstić information content (AvgIpc) is 2.27. The lowest BCUT2D eigenvalue weighted by atomic mass is 10.2. The van der Waals surface area contributed by atoms with Gasteiger partial charge in [-0.3, -0.25) is 4.79 Å². The van der Waals surface area contributed by atoms with Gasteiger partial charge < -0.3 is 15.8 Å². The number of halogens is 5. The zero-order chi connectivity index (χ0) is 14.6. The first-order chi connectivity index (χ1) is 8.74. The molecule has 0 aliphatic carbocycles. The van der Waals surface area contributed by atoms with Crippen LogP contribution >= 0.6 is 28.3 Å². The molecule has 0 aromatic heterocycles. The van der Waals surface area contributed by atoms with E-state index in [1.54, 1.807) is 0 Å². The van der Waals surface area contributed by atoms with E-state index in [9.17, 15) is 18.0 Å². The number of nitrogens with one attached hydrogen (secondary N) is 1. The molecule has 0 aliphatic heterocycles. The highest BCUT2D eigenvalue weighted by molar-refractivity contribution is 9.10. The van der Waals surface area contributed by atoms with Gasteiger partial charge in [0.25, 0.3) is 0 Å². The Morgan fingerprint density at radius 2 is 2.05 bits per heavy atom. The van der Waals surface area contributed by atoms with Crippen LogP contribution in [-0.4, -0.2) is 25.7 Å². The van der Waals surface area contributed by atoms with Gasteiger partial charge in [0.1, 0.15) is 6.04 Å². The number of ether oxygens (including phenoxy) is 1. The fraction of sp³-hybridized carbons (Fsp3) is 0.364. The third kappa shape index (κ3) is 5.66. The van der Waals surface area contributed by atoms with Crippen LogP contribution in [-0.2, 0) is 15.7 Å². The predicted molar refractivity (Wildman–Crippen MR) is 74.9 cm³/mol. The molecule has 0 bridgehead atoms. The van der Waals surface area contributed by atoms with Gasteiger partial charge in [0.05, 0.1) is 12.2 Å². The summed E-state index contributed by atoms with van der Waals surface area (Å²) in [7, 11) is 1.37. The van der Waals surface area contributed by atoms with Crippen molar-refractivity contribution in [3.05, 3.63) is 28.2 Å². The Bertz CT molecular complexity index is 471. The topological polar surface area (TPSA) is 64.3 Å². The van der Waals surface area contributed by atoms with Gasteiger partial charge in [-0.2, -0.15) is 13.2 Å². The number of benzene rings is 1. The summed E-state index contributed by atoms with van der Waals surface area (Å²) in [5, 5.41) is 2.31. The van der Waals surface area contributed by atoms with E-state index >= 15 is 0 Å². The molecule has 114 valence electrons. The van der Waals surface area contributed by atoms with Gasteiger partial charge in [-0.05, 0) is 18.2 Å². The number of methoxy groups -OCH3 is 1. The summed E-state index contributed by atoms with van der Waals surface area (Å²) in [6, 6.07) is 2.16. The van der Waals surface area contributed by atoms with Gasteiger partial charge in [0.2, 0.25) is 5.91 Å². The molecule has 0 heterocycles. The van der Waals surface area contributed by atoms with Crippen LogP contribution in [0.25, 0.3) is 0 Å². The lowest BCUT2D eigenvalue weighted by Gasteiger charge is -2.13. The van der Waals surface area contributed by atoms with E-state index in [-0.39, 0.29) is 29.2 Å². The maximum Gasteiger partial charge on any atom is 0.416 e. The highest BCUT2D eigenvalue weighted by Crippen LogP contribution is 2.33. The molecular weight excluding hydrogens is 364 g/mol. The number of amides is 1. The number of nitrogens with two attached hydrogens (primary N) is 1. The number of anilines is 1. The molecule has 1 aromatic rings. The van der Waals surface area contributed by atoms with Crippen molar-refractivity contribution in [1.82, 2.24) is 0 Å². The monoisotopic (exact) mass is 376 g/mol. The lowest BCUT2D eigenvalue weighted by molar-refractivity contribution is -0.137. The fourth-order valence-corrected chi connectivity index (χ4v) is 1.81. The third-order valence-electron chi connectivity index (χ3n) is 2.18. The summed E-state index contributed by atoms with van der Waals surface area (Å²) < 4.78 is 42.7. The Hall–Kier alpha value is -0.830. The molecule has 1 amide bonds. The third-order valence-corrected chi connectivity index (χ3v) is 2.63. The molecule has 1 aromatic carbocycles. The minimum absolute atomic E-state index is 0. The fourth-order valence-electron chi connectivity index (χ4n) is 1.32. The molecule has 1 unspecified atom stereocenters. The molecule has 0 fully saturated rings. The second-order valence-electron chi connectivity index (χ2n) is 3.78. The van der Waals surface area contributed by atoms with Crippen molar-refractivity contribution >= 4 is 39.9 Å². The van der Waals surface area contributed by atoms with E-state index < -0.39 is 23.7 Å². The Kier molecular flexibility index (Phi) is 7.50. The van der Waals surface area contributed by atoms with Crippen molar-refractivity contribution in [1.29, 1.82) is 0 Å². The minimum Gasteiger partial charge on any atom is -0.383 e. The van der Waals surface area contributed by atoms with Crippen molar-refractivity contribution in [2.45, 2.75) is 12.2 Å². The summed E-state index contributed by atoms with van der Waals surface area (Å²) in [5.74, 6) is -0.618. The van der Waals surface area contributed by atoms with Crippen LogP contribution in [0.2, 0.25) is 0 Å². The van der Waals surface area contributed by atoms with Crippen molar-refractivity contribution < 1.29 is 22.7 Å². The first-order valence-corrected chi connectivity index (χ1v) is 5.96. The Balaban J connectivity index is 0.00000361. The van der Waals surface area contributed by atoms with Crippen LogP contribution in [0, 0.1) is 0 Å². The summed E-state index contributed by atoms with van der Waals surface area (Å²) in [5.41, 5.74) is 4.62. The Morgan fingerprint density at radius 3 is 2.55 bits per heavy atom. The highest BCUT2D eigenvalue weighted by atomic mass is 79.9. The van der Waals surface area contributed by atoms with Crippen LogP contribution in [0.4, 0.5) is 18.9 Å². The summed E-state index contributed by atoms with van der Waals surface area (Å²) >= 11 is 2.96. The average molecular weight is 378 g/mol. The standard InChI is InChI=1S/C11H12BrF3N2O2.ClH/c1-19-5-9(16)10(18)17-8-3-6(11(13,14)15)2-7(12)4-8;/h2-4,9H,5,16H2,1H3,(H,17,18);1H. The van der Waals surface area contributed by atoms with Crippen molar-refractivity contribution in [2.75, 3.05) is 19.0 Å². The molecule has 20 heavy (non-hydrogen) atoms. The quantitative estimate of drug-likeness (QED) is 0.848. The van der Waals surface area contributed by atoms with Gasteiger partial charge in [-0.25, -0.2) is 0 Å². The zero-order valence-electron chi connectivity index (χ0n) is 10.3. The largest absolute Gasteiger partial charge is 0.416 e. The van der Waals surface area contributed by atoms with Crippen LogP contribution in [0.5, 0.6) is 0 Å². The van der Waals surface area contributed by atoms with E-state index in [2.05, 4.69) is 26.0 Å². The summed E-state index contributed by atoms with van der Waals surface area (Å²) in [6.07, 6.45) is -4.49. The van der Waals surface area contributed by atoms with Gasteiger partial charge in [-0.1, -0.05) is 15.9 Å². The zero-order valence-corrected chi connectivity index (χ0v) is 12.7. The number of carbonyl (C=O) groups excluding carboxylic acids is 1. The summed E-state index contributed by atoms with van der Waals surface area (Å²) in [6.45, 7) is -0.0219. The molecule has 0 saturated heterocycles. The normalized spacial score (nSPS) is 12.5. The Morgan fingerprint density at radius 1 is 1.45 bits per heavy atom. The smallest absolute Gasteiger partial charge is 0.383 e. The molecule has 0 aliphatic rings. The predicted octanol–water partition coefficient (Wildman–Crippen LogP) is 2.80. The second kappa shape index (κ2) is 7.82. The maximum atomic E-state index is 12.6.